The molecule has 1 rings (SSSR count). The van der Waals surface area contributed by atoms with Crippen molar-refractivity contribution in [3.8, 4) is 0 Å². The minimum Gasteiger partial charge on any atom is -0.377 e. The van der Waals surface area contributed by atoms with Crippen LogP contribution in [0.25, 0.3) is 0 Å². The zero-order valence-corrected chi connectivity index (χ0v) is 8.81. The van der Waals surface area contributed by atoms with Gasteiger partial charge in [0.25, 0.3) is 0 Å². The Morgan fingerprint density at radius 3 is 3.08 bits per heavy atom. The second kappa shape index (κ2) is 6.35. The van der Waals surface area contributed by atoms with Gasteiger partial charge in [0.05, 0.1) is 6.10 Å². The number of hydrogen-bond acceptors (Lipinski definition) is 3. The SMILES string of the molecule is CCOC(C)CNCC1CCCN1. The lowest BCUT2D eigenvalue weighted by molar-refractivity contribution is 0.0759. The monoisotopic (exact) mass is 186 g/mol. The van der Waals surface area contributed by atoms with Gasteiger partial charge in [0.15, 0.2) is 0 Å². The molecule has 1 heterocycles. The molecule has 1 fully saturated rings. The largest absolute Gasteiger partial charge is 0.377 e. The van der Waals surface area contributed by atoms with Crippen molar-refractivity contribution in [2.45, 2.75) is 38.8 Å². The normalized spacial score (nSPS) is 24.9. The minimum absolute atomic E-state index is 0.339. The third kappa shape index (κ3) is 4.60. The van der Waals surface area contributed by atoms with Gasteiger partial charge in [-0.25, -0.2) is 0 Å². The molecule has 1 saturated heterocycles. The fourth-order valence-corrected chi connectivity index (χ4v) is 1.74. The Kier molecular flexibility index (Phi) is 5.35. The van der Waals surface area contributed by atoms with Crippen LogP contribution in [-0.2, 0) is 4.74 Å². The first-order valence-corrected chi connectivity index (χ1v) is 5.38. The summed E-state index contributed by atoms with van der Waals surface area (Å²) in [5.41, 5.74) is 0. The quantitative estimate of drug-likeness (QED) is 0.642. The van der Waals surface area contributed by atoms with Crippen molar-refractivity contribution in [1.82, 2.24) is 10.6 Å². The maximum absolute atomic E-state index is 5.42. The zero-order chi connectivity index (χ0) is 9.52. The molecule has 2 unspecified atom stereocenters. The summed E-state index contributed by atoms with van der Waals surface area (Å²) in [7, 11) is 0. The lowest BCUT2D eigenvalue weighted by atomic mass is 10.2. The van der Waals surface area contributed by atoms with Gasteiger partial charge in [-0.15, -0.1) is 0 Å². The van der Waals surface area contributed by atoms with Crippen LogP contribution in [0.2, 0.25) is 0 Å². The summed E-state index contributed by atoms with van der Waals surface area (Å²) in [5, 5.41) is 6.88. The molecule has 0 amide bonds. The minimum atomic E-state index is 0.339. The smallest absolute Gasteiger partial charge is 0.0671 e. The Balaban J connectivity index is 1.93. The van der Waals surface area contributed by atoms with Crippen molar-refractivity contribution < 1.29 is 4.74 Å². The topological polar surface area (TPSA) is 33.3 Å². The Labute approximate surface area is 81.2 Å². The highest BCUT2D eigenvalue weighted by Crippen LogP contribution is 2.02. The molecule has 0 aromatic heterocycles. The van der Waals surface area contributed by atoms with Gasteiger partial charge < -0.3 is 15.4 Å². The molecule has 0 saturated carbocycles. The fourth-order valence-electron chi connectivity index (χ4n) is 1.74. The highest BCUT2D eigenvalue weighted by atomic mass is 16.5. The van der Waals surface area contributed by atoms with Gasteiger partial charge in [0.1, 0.15) is 0 Å². The van der Waals surface area contributed by atoms with Crippen LogP contribution in [0.5, 0.6) is 0 Å². The number of nitrogens with one attached hydrogen (secondary N) is 2. The zero-order valence-electron chi connectivity index (χ0n) is 8.81. The van der Waals surface area contributed by atoms with E-state index in [0.717, 1.165) is 19.7 Å². The van der Waals surface area contributed by atoms with E-state index >= 15 is 0 Å². The second-order valence-electron chi connectivity index (χ2n) is 3.72. The van der Waals surface area contributed by atoms with Crippen LogP contribution in [0.4, 0.5) is 0 Å². The van der Waals surface area contributed by atoms with Gasteiger partial charge in [-0.3, -0.25) is 0 Å². The fraction of sp³-hybridized carbons (Fsp3) is 1.00. The van der Waals surface area contributed by atoms with Gasteiger partial charge >= 0.3 is 0 Å². The molecule has 1 aliphatic rings. The average molecular weight is 186 g/mol. The van der Waals surface area contributed by atoms with E-state index in [2.05, 4.69) is 17.6 Å². The van der Waals surface area contributed by atoms with E-state index in [0.29, 0.717) is 12.1 Å². The third-order valence-electron chi connectivity index (χ3n) is 2.44. The summed E-state index contributed by atoms with van der Waals surface area (Å²) in [6.45, 7) is 8.19. The standard InChI is InChI=1S/C10H22N2O/c1-3-13-9(2)7-11-8-10-5-4-6-12-10/h9-12H,3-8H2,1-2H3. The van der Waals surface area contributed by atoms with Gasteiger partial charge in [0, 0.05) is 25.7 Å². The predicted octanol–water partition coefficient (Wildman–Crippen LogP) is 0.753. The summed E-state index contributed by atoms with van der Waals surface area (Å²) in [6, 6.07) is 0.689. The van der Waals surface area contributed by atoms with Crippen LogP contribution in [-0.4, -0.2) is 38.4 Å². The van der Waals surface area contributed by atoms with Crippen molar-refractivity contribution in [2.24, 2.45) is 0 Å². The lowest BCUT2D eigenvalue weighted by Gasteiger charge is -2.15. The van der Waals surface area contributed by atoms with E-state index in [9.17, 15) is 0 Å². The van der Waals surface area contributed by atoms with E-state index in [1.165, 1.54) is 19.4 Å². The molecule has 0 spiro atoms. The molecule has 0 aromatic carbocycles. The van der Waals surface area contributed by atoms with E-state index in [4.69, 9.17) is 4.74 Å². The van der Waals surface area contributed by atoms with Crippen LogP contribution in [0.1, 0.15) is 26.7 Å². The van der Waals surface area contributed by atoms with Gasteiger partial charge in [0.2, 0.25) is 0 Å². The number of ether oxygens (including phenoxy) is 1. The van der Waals surface area contributed by atoms with Crippen molar-refractivity contribution in [1.29, 1.82) is 0 Å². The highest BCUT2D eigenvalue weighted by molar-refractivity contribution is 4.76. The van der Waals surface area contributed by atoms with Gasteiger partial charge in [-0.2, -0.15) is 0 Å². The molecule has 3 heteroatoms. The summed E-state index contributed by atoms with van der Waals surface area (Å²) in [5.74, 6) is 0. The van der Waals surface area contributed by atoms with Crippen LogP contribution >= 0.6 is 0 Å². The van der Waals surface area contributed by atoms with Crippen LogP contribution < -0.4 is 10.6 Å². The first-order chi connectivity index (χ1) is 6.33. The Morgan fingerprint density at radius 2 is 2.46 bits per heavy atom. The lowest BCUT2D eigenvalue weighted by Crippen LogP contribution is -2.37. The van der Waals surface area contributed by atoms with E-state index < -0.39 is 0 Å². The summed E-state index contributed by atoms with van der Waals surface area (Å²) in [4.78, 5) is 0. The molecule has 0 bridgehead atoms. The molecule has 78 valence electrons. The molecule has 3 nitrogen and oxygen atoms in total. The third-order valence-corrected chi connectivity index (χ3v) is 2.44. The maximum Gasteiger partial charge on any atom is 0.0671 e. The van der Waals surface area contributed by atoms with E-state index in [-0.39, 0.29) is 0 Å². The van der Waals surface area contributed by atoms with Gasteiger partial charge in [-0.05, 0) is 33.2 Å². The highest BCUT2D eigenvalue weighted by Gasteiger charge is 2.13. The molecule has 2 atom stereocenters. The molecule has 1 aliphatic heterocycles. The predicted molar refractivity (Wildman–Crippen MR) is 55.0 cm³/mol. The first kappa shape index (κ1) is 11.0. The Morgan fingerprint density at radius 1 is 1.62 bits per heavy atom. The Bertz CT molecular complexity index is 124. The van der Waals surface area contributed by atoms with Gasteiger partial charge in [-0.1, -0.05) is 0 Å². The average Bonchev–Trinajstić information content (AvgIpc) is 2.57. The molecular weight excluding hydrogens is 164 g/mol. The second-order valence-corrected chi connectivity index (χ2v) is 3.72. The molecule has 2 N–H and O–H groups in total. The Hall–Kier alpha value is -0.120. The number of rotatable bonds is 6. The van der Waals surface area contributed by atoms with E-state index in [1.54, 1.807) is 0 Å². The van der Waals surface area contributed by atoms with Crippen molar-refractivity contribution >= 4 is 0 Å². The first-order valence-electron chi connectivity index (χ1n) is 5.38. The maximum atomic E-state index is 5.42. The van der Waals surface area contributed by atoms with Crippen LogP contribution in [0, 0.1) is 0 Å². The van der Waals surface area contributed by atoms with E-state index in [1.807, 2.05) is 6.92 Å². The summed E-state index contributed by atoms with van der Waals surface area (Å²) >= 11 is 0. The van der Waals surface area contributed by atoms with Crippen molar-refractivity contribution in [3.05, 3.63) is 0 Å². The molecule has 0 radical (unpaired) electrons. The van der Waals surface area contributed by atoms with Crippen molar-refractivity contribution in [2.75, 3.05) is 26.2 Å². The summed E-state index contributed by atoms with van der Waals surface area (Å²) < 4.78 is 5.42. The van der Waals surface area contributed by atoms with Crippen molar-refractivity contribution in [3.63, 3.8) is 0 Å². The molecule has 0 aliphatic carbocycles. The summed E-state index contributed by atoms with van der Waals surface area (Å²) in [6.07, 6.45) is 2.98. The van der Waals surface area contributed by atoms with Crippen LogP contribution in [0.15, 0.2) is 0 Å². The molecular formula is C10H22N2O. The molecule has 13 heavy (non-hydrogen) atoms. The molecule has 0 aromatic rings. The van der Waals surface area contributed by atoms with Crippen LogP contribution in [0.3, 0.4) is 0 Å². The number of hydrogen-bond donors (Lipinski definition) is 2.